The fraction of sp³-hybridized carbons (Fsp3) is 0.267. The van der Waals surface area contributed by atoms with Crippen LogP contribution in [0.4, 0.5) is 5.69 Å². The molecule has 4 heteroatoms. The van der Waals surface area contributed by atoms with Crippen LogP contribution < -0.4 is 16.0 Å². The van der Waals surface area contributed by atoms with Crippen molar-refractivity contribution >= 4 is 22.4 Å². The molecule has 0 radical (unpaired) electrons. The van der Waals surface area contributed by atoms with E-state index in [1.165, 1.54) is 10.8 Å². The lowest BCUT2D eigenvalue weighted by Crippen LogP contribution is -2.47. The van der Waals surface area contributed by atoms with Gasteiger partial charge in [0, 0.05) is 30.7 Å². The Morgan fingerprint density at radius 3 is 2.68 bits per heavy atom. The Bertz CT molecular complexity index is 624. The Balaban J connectivity index is 2.11. The number of carbonyl (C=O) groups excluding carboxylic acids is 1. The quantitative estimate of drug-likeness (QED) is 0.848. The fourth-order valence-corrected chi connectivity index (χ4v) is 2.64. The molecule has 0 unspecified atom stereocenters. The zero-order chi connectivity index (χ0) is 13.2. The zero-order valence-electron chi connectivity index (χ0n) is 10.7. The van der Waals surface area contributed by atoms with Gasteiger partial charge >= 0.3 is 0 Å². The van der Waals surface area contributed by atoms with Crippen LogP contribution in [-0.2, 0) is 11.3 Å². The highest BCUT2D eigenvalue weighted by Gasteiger charge is 2.18. The van der Waals surface area contributed by atoms with E-state index in [9.17, 15) is 4.79 Å². The second kappa shape index (κ2) is 4.90. The minimum absolute atomic E-state index is 0.0817. The van der Waals surface area contributed by atoms with Crippen molar-refractivity contribution in [3.05, 3.63) is 42.0 Å². The topological polar surface area (TPSA) is 58.4 Å². The molecular weight excluding hydrogens is 238 g/mol. The maximum atomic E-state index is 11.5. The molecule has 3 N–H and O–H groups in total. The van der Waals surface area contributed by atoms with Gasteiger partial charge in [0.25, 0.3) is 0 Å². The molecule has 1 aliphatic rings. The third kappa shape index (κ3) is 2.15. The van der Waals surface area contributed by atoms with Gasteiger partial charge in [-0.05, 0) is 17.0 Å². The number of nitrogens with one attached hydrogen (secondary N) is 1. The number of anilines is 1. The first-order valence-electron chi connectivity index (χ1n) is 6.52. The highest BCUT2D eigenvalue weighted by atomic mass is 16.2. The average molecular weight is 255 g/mol. The van der Waals surface area contributed by atoms with Crippen LogP contribution in [0.25, 0.3) is 10.8 Å². The van der Waals surface area contributed by atoms with E-state index >= 15 is 0 Å². The van der Waals surface area contributed by atoms with Gasteiger partial charge in [-0.3, -0.25) is 4.79 Å². The lowest BCUT2D eigenvalue weighted by molar-refractivity contribution is -0.120. The first kappa shape index (κ1) is 12.0. The summed E-state index contributed by atoms with van der Waals surface area (Å²) in [5.74, 6) is 0.0817. The van der Waals surface area contributed by atoms with E-state index in [1.54, 1.807) is 0 Å². The maximum absolute atomic E-state index is 11.5. The first-order valence-corrected chi connectivity index (χ1v) is 6.52. The van der Waals surface area contributed by atoms with Gasteiger partial charge in [-0.1, -0.05) is 30.3 Å². The summed E-state index contributed by atoms with van der Waals surface area (Å²) < 4.78 is 0. The third-order valence-electron chi connectivity index (χ3n) is 3.59. The summed E-state index contributed by atoms with van der Waals surface area (Å²) in [7, 11) is 0. The number of nitrogens with two attached hydrogens (primary N) is 1. The molecular formula is C15H17N3O. The van der Waals surface area contributed by atoms with E-state index < -0.39 is 0 Å². The molecule has 2 aromatic carbocycles. The summed E-state index contributed by atoms with van der Waals surface area (Å²) >= 11 is 0. The highest BCUT2D eigenvalue weighted by molar-refractivity contribution is 5.98. The molecule has 4 nitrogen and oxygen atoms in total. The molecule has 2 aromatic rings. The summed E-state index contributed by atoms with van der Waals surface area (Å²) in [6.07, 6.45) is 0. The van der Waals surface area contributed by atoms with Gasteiger partial charge in [0.2, 0.25) is 5.91 Å². The second-order valence-electron chi connectivity index (χ2n) is 4.77. The first-order chi connectivity index (χ1) is 9.29. The van der Waals surface area contributed by atoms with Crippen LogP contribution in [0, 0.1) is 0 Å². The summed E-state index contributed by atoms with van der Waals surface area (Å²) in [5.41, 5.74) is 8.04. The van der Waals surface area contributed by atoms with Gasteiger partial charge in [-0.25, -0.2) is 0 Å². The molecule has 0 atom stereocenters. The molecule has 1 fully saturated rings. The summed E-state index contributed by atoms with van der Waals surface area (Å²) in [4.78, 5) is 13.7. The number of amides is 1. The normalized spacial score (nSPS) is 15.6. The van der Waals surface area contributed by atoms with Gasteiger partial charge in [0.05, 0.1) is 6.54 Å². The average Bonchev–Trinajstić information content (AvgIpc) is 2.46. The molecule has 1 amide bonds. The van der Waals surface area contributed by atoms with Crippen LogP contribution in [0.5, 0.6) is 0 Å². The zero-order valence-corrected chi connectivity index (χ0v) is 10.7. The Kier molecular flexibility index (Phi) is 3.09. The van der Waals surface area contributed by atoms with Crippen LogP contribution in [0.2, 0.25) is 0 Å². The molecule has 3 rings (SSSR count). The molecule has 0 saturated carbocycles. The number of fused-ring (bicyclic) bond motifs is 1. The molecule has 19 heavy (non-hydrogen) atoms. The van der Waals surface area contributed by atoms with E-state index in [2.05, 4.69) is 34.5 Å². The number of hydrogen-bond donors (Lipinski definition) is 2. The van der Waals surface area contributed by atoms with Crippen molar-refractivity contribution in [1.29, 1.82) is 0 Å². The van der Waals surface area contributed by atoms with E-state index in [1.807, 2.05) is 12.1 Å². The van der Waals surface area contributed by atoms with Gasteiger partial charge in [-0.15, -0.1) is 0 Å². The molecule has 0 aliphatic carbocycles. The number of nitrogens with zero attached hydrogens (tertiary/aromatic N) is 1. The van der Waals surface area contributed by atoms with Crippen molar-refractivity contribution in [1.82, 2.24) is 5.32 Å². The Hall–Kier alpha value is -2.07. The Morgan fingerprint density at radius 2 is 1.95 bits per heavy atom. The van der Waals surface area contributed by atoms with Crippen LogP contribution in [0.15, 0.2) is 36.4 Å². The predicted octanol–water partition coefficient (Wildman–Crippen LogP) is 1.23. The Morgan fingerprint density at radius 1 is 1.16 bits per heavy atom. The lowest BCUT2D eigenvalue weighted by atomic mass is 10.0. The number of rotatable bonds is 2. The smallest absolute Gasteiger partial charge is 0.239 e. The number of benzene rings is 2. The Labute approximate surface area is 112 Å². The van der Waals surface area contributed by atoms with E-state index in [-0.39, 0.29) is 5.91 Å². The maximum Gasteiger partial charge on any atom is 0.239 e. The van der Waals surface area contributed by atoms with Crippen LogP contribution in [0.3, 0.4) is 0 Å². The highest BCUT2D eigenvalue weighted by Crippen LogP contribution is 2.29. The van der Waals surface area contributed by atoms with Crippen LogP contribution in [0.1, 0.15) is 5.56 Å². The second-order valence-corrected chi connectivity index (χ2v) is 4.77. The SMILES string of the molecule is NCc1ccc(N2CCNC(=O)C2)c2ccccc12. The fourth-order valence-electron chi connectivity index (χ4n) is 2.64. The molecule has 1 saturated heterocycles. The van der Waals surface area contributed by atoms with Crippen molar-refractivity contribution < 1.29 is 4.79 Å². The molecule has 98 valence electrons. The standard InChI is InChI=1S/C15H17N3O/c16-9-11-5-6-14(13-4-2-1-3-12(11)13)18-8-7-17-15(19)10-18/h1-6H,7-10,16H2,(H,17,19). The van der Waals surface area contributed by atoms with Gasteiger partial charge in [0.1, 0.15) is 0 Å². The molecule has 1 aliphatic heterocycles. The van der Waals surface area contributed by atoms with Crippen molar-refractivity contribution in [2.75, 3.05) is 24.5 Å². The van der Waals surface area contributed by atoms with Gasteiger partial charge in [-0.2, -0.15) is 0 Å². The van der Waals surface area contributed by atoms with E-state index in [0.717, 1.165) is 17.8 Å². The molecule has 0 bridgehead atoms. The minimum Gasteiger partial charge on any atom is -0.360 e. The summed E-state index contributed by atoms with van der Waals surface area (Å²) in [5, 5.41) is 5.19. The number of carbonyl (C=O) groups is 1. The van der Waals surface area contributed by atoms with Gasteiger partial charge in [0.15, 0.2) is 0 Å². The van der Waals surface area contributed by atoms with Gasteiger partial charge < -0.3 is 16.0 Å². The monoisotopic (exact) mass is 255 g/mol. The number of hydrogen-bond acceptors (Lipinski definition) is 3. The molecule has 0 spiro atoms. The molecule has 0 aromatic heterocycles. The molecule has 1 heterocycles. The van der Waals surface area contributed by atoms with Crippen LogP contribution in [-0.4, -0.2) is 25.5 Å². The van der Waals surface area contributed by atoms with Crippen molar-refractivity contribution in [2.24, 2.45) is 5.73 Å². The van der Waals surface area contributed by atoms with Crippen LogP contribution >= 0.6 is 0 Å². The van der Waals surface area contributed by atoms with Crippen molar-refractivity contribution in [2.45, 2.75) is 6.54 Å². The third-order valence-corrected chi connectivity index (χ3v) is 3.59. The largest absolute Gasteiger partial charge is 0.360 e. The minimum atomic E-state index is 0.0817. The number of piperazine rings is 1. The lowest BCUT2D eigenvalue weighted by Gasteiger charge is -2.30. The van der Waals surface area contributed by atoms with E-state index in [4.69, 9.17) is 5.73 Å². The van der Waals surface area contributed by atoms with Crippen molar-refractivity contribution in [3.63, 3.8) is 0 Å². The summed E-state index contributed by atoms with van der Waals surface area (Å²) in [6, 6.07) is 12.4. The van der Waals surface area contributed by atoms with Crippen molar-refractivity contribution in [3.8, 4) is 0 Å². The van der Waals surface area contributed by atoms with E-state index in [0.29, 0.717) is 19.6 Å². The predicted molar refractivity (Wildman–Crippen MR) is 77.1 cm³/mol. The summed E-state index contributed by atoms with van der Waals surface area (Å²) in [6.45, 7) is 2.50.